The number of fused-ring (bicyclic) bond motifs is 5. The fourth-order valence-corrected chi connectivity index (χ4v) is 8.03. The van der Waals surface area contributed by atoms with Crippen molar-refractivity contribution < 1.29 is 19.5 Å². The van der Waals surface area contributed by atoms with Crippen LogP contribution in [0.3, 0.4) is 0 Å². The fourth-order valence-electron chi connectivity index (χ4n) is 8.03. The van der Waals surface area contributed by atoms with E-state index in [1.807, 2.05) is 13.8 Å². The third-order valence-electron chi connectivity index (χ3n) is 10.1. The van der Waals surface area contributed by atoms with E-state index in [0.717, 1.165) is 44.1 Å². The quantitative estimate of drug-likeness (QED) is 0.427. The molecule has 0 aromatic rings. The summed E-state index contributed by atoms with van der Waals surface area (Å²) in [5, 5.41) is 13.0. The molecule has 3 saturated carbocycles. The number of hydrogen-bond donors (Lipinski definition) is 2. The minimum atomic E-state index is -0.213. The number of carbonyl (C=O) groups is 3. The Labute approximate surface area is 204 Å². The number of rotatable bonds is 6. The van der Waals surface area contributed by atoms with Gasteiger partial charge in [0.15, 0.2) is 11.6 Å². The van der Waals surface area contributed by atoms with E-state index in [-0.39, 0.29) is 40.3 Å². The fraction of sp³-hybridized carbons (Fsp3) is 0.759. The molecule has 0 heterocycles. The predicted molar refractivity (Wildman–Crippen MR) is 133 cm³/mol. The molecule has 4 aliphatic rings. The molecule has 0 aliphatic heterocycles. The van der Waals surface area contributed by atoms with Crippen LogP contribution in [0.2, 0.25) is 0 Å². The molecule has 4 aliphatic carbocycles. The van der Waals surface area contributed by atoms with E-state index >= 15 is 0 Å². The minimum absolute atomic E-state index is 0.0504. The van der Waals surface area contributed by atoms with Crippen LogP contribution in [0.1, 0.15) is 92.4 Å². The van der Waals surface area contributed by atoms with Crippen LogP contribution in [-0.4, -0.2) is 35.2 Å². The van der Waals surface area contributed by atoms with E-state index in [1.54, 1.807) is 0 Å². The summed E-state index contributed by atoms with van der Waals surface area (Å²) in [5.74, 6) is 1.79. The first-order valence-corrected chi connectivity index (χ1v) is 13.4. The lowest BCUT2D eigenvalue weighted by atomic mass is 9.47. The number of nitrogens with one attached hydrogen (secondary N) is 1. The molecule has 5 heteroatoms. The molecule has 34 heavy (non-hydrogen) atoms. The maximum atomic E-state index is 13.4. The van der Waals surface area contributed by atoms with Crippen LogP contribution in [-0.2, 0) is 14.4 Å². The Hall–Kier alpha value is -1.75. The number of hydrogen-bond acceptors (Lipinski definition) is 4. The van der Waals surface area contributed by atoms with Gasteiger partial charge in [0.2, 0.25) is 5.91 Å². The van der Waals surface area contributed by atoms with Gasteiger partial charge in [0.1, 0.15) is 0 Å². The summed E-state index contributed by atoms with van der Waals surface area (Å²) in [5.41, 5.74) is 2.87. The molecule has 5 nitrogen and oxygen atoms in total. The summed E-state index contributed by atoms with van der Waals surface area (Å²) in [4.78, 5) is 37.7. The van der Waals surface area contributed by atoms with Crippen molar-refractivity contribution in [2.24, 2.45) is 34.5 Å². The van der Waals surface area contributed by atoms with Gasteiger partial charge in [0.05, 0.1) is 6.10 Å². The van der Waals surface area contributed by atoms with Crippen molar-refractivity contribution in [2.45, 2.75) is 98.5 Å². The van der Waals surface area contributed by atoms with Gasteiger partial charge in [0, 0.05) is 31.9 Å². The van der Waals surface area contributed by atoms with Crippen molar-refractivity contribution in [1.82, 2.24) is 5.32 Å². The molecule has 4 rings (SSSR count). The number of allylic oxidation sites excluding steroid dienone is 3. The molecule has 3 fully saturated rings. The van der Waals surface area contributed by atoms with Crippen molar-refractivity contribution in [1.29, 1.82) is 0 Å². The highest BCUT2D eigenvalue weighted by Crippen LogP contribution is 2.65. The zero-order chi connectivity index (χ0) is 24.8. The van der Waals surface area contributed by atoms with Gasteiger partial charge in [-0.05, 0) is 91.9 Å². The Kier molecular flexibility index (Phi) is 6.98. The van der Waals surface area contributed by atoms with E-state index in [9.17, 15) is 19.5 Å². The smallest absolute Gasteiger partial charge is 0.216 e. The van der Waals surface area contributed by atoms with Gasteiger partial charge in [-0.3, -0.25) is 14.4 Å². The molecular formula is C29H43NO4. The molecule has 188 valence electrons. The third kappa shape index (κ3) is 4.34. The standard InChI is InChI=1S/C29H43NO4/c1-17(16-30-19(3)31)6-9-25(33)18(2)27-26(34)15-24-22-8-7-20-14-21(32)10-12-28(20,4)23(22)11-13-29(24,27)5/h7,17,21-24,32H,6,8-16H2,1-5H3,(H,30,31)/b27-18+. The monoisotopic (exact) mass is 469 g/mol. The Morgan fingerprint density at radius 1 is 1.12 bits per heavy atom. The normalized spacial score (nSPS) is 39.4. The van der Waals surface area contributed by atoms with Gasteiger partial charge < -0.3 is 10.4 Å². The zero-order valence-corrected chi connectivity index (χ0v) is 21.7. The van der Waals surface area contributed by atoms with Crippen molar-refractivity contribution in [3.63, 3.8) is 0 Å². The molecule has 7 unspecified atom stereocenters. The first-order chi connectivity index (χ1) is 16.0. The highest BCUT2D eigenvalue weighted by Gasteiger charge is 2.59. The number of carbonyl (C=O) groups excluding carboxylic acids is 3. The van der Waals surface area contributed by atoms with E-state index in [4.69, 9.17) is 0 Å². The van der Waals surface area contributed by atoms with Crippen LogP contribution in [0, 0.1) is 34.5 Å². The second kappa shape index (κ2) is 9.37. The van der Waals surface area contributed by atoms with Crippen LogP contribution < -0.4 is 5.32 Å². The van der Waals surface area contributed by atoms with Crippen molar-refractivity contribution in [2.75, 3.05) is 6.54 Å². The lowest BCUT2D eigenvalue weighted by molar-refractivity contribution is -0.119. The van der Waals surface area contributed by atoms with Crippen molar-refractivity contribution >= 4 is 17.5 Å². The van der Waals surface area contributed by atoms with Crippen molar-refractivity contribution in [3.05, 3.63) is 22.8 Å². The summed E-state index contributed by atoms with van der Waals surface area (Å²) < 4.78 is 0. The molecule has 7 atom stereocenters. The molecule has 0 bridgehead atoms. The second-order valence-electron chi connectivity index (χ2n) is 12.2. The van der Waals surface area contributed by atoms with Gasteiger partial charge in [-0.15, -0.1) is 0 Å². The predicted octanol–water partition coefficient (Wildman–Crippen LogP) is 4.93. The van der Waals surface area contributed by atoms with Crippen molar-refractivity contribution in [3.8, 4) is 0 Å². The minimum Gasteiger partial charge on any atom is -0.393 e. The van der Waals surface area contributed by atoms with Gasteiger partial charge >= 0.3 is 0 Å². The maximum absolute atomic E-state index is 13.4. The Morgan fingerprint density at radius 2 is 1.82 bits per heavy atom. The van der Waals surface area contributed by atoms with Gasteiger partial charge in [-0.1, -0.05) is 32.4 Å². The van der Waals surface area contributed by atoms with E-state index < -0.39 is 0 Å². The number of amides is 1. The molecule has 0 spiro atoms. The maximum Gasteiger partial charge on any atom is 0.216 e. The third-order valence-corrected chi connectivity index (χ3v) is 10.1. The van der Waals surface area contributed by atoms with Gasteiger partial charge in [0.25, 0.3) is 0 Å². The van der Waals surface area contributed by atoms with Gasteiger partial charge in [-0.2, -0.15) is 0 Å². The lowest BCUT2D eigenvalue weighted by Crippen LogP contribution is -2.49. The number of aliphatic hydroxyl groups is 1. The molecule has 2 N–H and O–H groups in total. The van der Waals surface area contributed by atoms with Crippen LogP contribution in [0.15, 0.2) is 22.8 Å². The van der Waals surface area contributed by atoms with Crippen LogP contribution in [0.4, 0.5) is 0 Å². The SMILES string of the molecule is CC(=O)NCC(C)CCC(=O)/C(C)=C1\C(=O)CC2C3CC=C4CC(O)CCC4(C)C3CCC12C. The zero-order valence-electron chi connectivity index (χ0n) is 21.7. The molecule has 0 radical (unpaired) electrons. The molecule has 0 saturated heterocycles. The van der Waals surface area contributed by atoms with Crippen LogP contribution in [0.5, 0.6) is 0 Å². The average molecular weight is 470 g/mol. The highest BCUT2D eigenvalue weighted by molar-refractivity contribution is 6.08. The lowest BCUT2D eigenvalue weighted by Gasteiger charge is -2.57. The van der Waals surface area contributed by atoms with E-state index in [0.29, 0.717) is 49.1 Å². The van der Waals surface area contributed by atoms with Crippen LogP contribution in [0.25, 0.3) is 0 Å². The number of aliphatic hydroxyl groups excluding tert-OH is 1. The van der Waals surface area contributed by atoms with E-state index in [2.05, 4.69) is 25.2 Å². The summed E-state index contributed by atoms with van der Waals surface area (Å²) in [6, 6.07) is 0. The Balaban J connectivity index is 1.52. The summed E-state index contributed by atoms with van der Waals surface area (Å²) in [6.07, 6.45) is 9.64. The van der Waals surface area contributed by atoms with Gasteiger partial charge in [-0.25, -0.2) is 0 Å². The van der Waals surface area contributed by atoms with Crippen LogP contribution >= 0.6 is 0 Å². The largest absolute Gasteiger partial charge is 0.393 e. The summed E-state index contributed by atoms with van der Waals surface area (Å²) in [7, 11) is 0. The average Bonchev–Trinajstić information content (AvgIpc) is 3.05. The number of ketones is 2. The molecule has 0 aromatic heterocycles. The van der Waals surface area contributed by atoms with E-state index in [1.165, 1.54) is 12.5 Å². The summed E-state index contributed by atoms with van der Waals surface area (Å²) in [6.45, 7) is 10.6. The Bertz CT molecular complexity index is 932. The summed E-state index contributed by atoms with van der Waals surface area (Å²) >= 11 is 0. The molecule has 0 aromatic carbocycles. The molecule has 1 amide bonds. The second-order valence-corrected chi connectivity index (χ2v) is 12.2. The first kappa shape index (κ1) is 25.3. The number of Topliss-reactive ketones (excluding diaryl/α,β-unsaturated/α-hetero) is 2. The Morgan fingerprint density at radius 3 is 2.53 bits per heavy atom. The topological polar surface area (TPSA) is 83.5 Å². The molecular weight excluding hydrogens is 426 g/mol. The first-order valence-electron chi connectivity index (χ1n) is 13.4. The highest BCUT2D eigenvalue weighted by atomic mass is 16.3.